The highest BCUT2D eigenvalue weighted by molar-refractivity contribution is 5.96. The van der Waals surface area contributed by atoms with Crippen molar-refractivity contribution in [2.75, 3.05) is 23.8 Å². The predicted octanol–water partition coefficient (Wildman–Crippen LogP) is 2.63. The number of anilines is 2. The summed E-state index contributed by atoms with van der Waals surface area (Å²) >= 11 is 0. The molecule has 1 aliphatic heterocycles. The molecule has 1 atom stereocenters. The Bertz CT molecular complexity index is 572. The summed E-state index contributed by atoms with van der Waals surface area (Å²) in [4.78, 5) is 22.0. The highest BCUT2D eigenvalue weighted by Crippen LogP contribution is 2.37. The van der Waals surface area contributed by atoms with Gasteiger partial charge in [0.1, 0.15) is 5.69 Å². The minimum atomic E-state index is -0.456. The largest absolute Gasteiger partial charge is 0.481 e. The highest BCUT2D eigenvalue weighted by atomic mass is 16.6. The zero-order valence-corrected chi connectivity index (χ0v) is 12.3. The van der Waals surface area contributed by atoms with E-state index in [2.05, 4.69) is 31.4 Å². The molecule has 0 saturated carbocycles. The van der Waals surface area contributed by atoms with Gasteiger partial charge in [-0.05, 0) is 17.9 Å². The van der Waals surface area contributed by atoms with E-state index < -0.39 is 4.92 Å². The van der Waals surface area contributed by atoms with Gasteiger partial charge in [-0.15, -0.1) is 0 Å². The molecule has 0 aromatic heterocycles. The molecule has 114 valence electrons. The zero-order chi connectivity index (χ0) is 15.6. The van der Waals surface area contributed by atoms with E-state index in [1.54, 1.807) is 6.07 Å². The Morgan fingerprint density at radius 2 is 2.14 bits per heavy atom. The van der Waals surface area contributed by atoms with E-state index in [0.29, 0.717) is 35.5 Å². The lowest BCUT2D eigenvalue weighted by atomic mass is 9.98. The van der Waals surface area contributed by atoms with E-state index >= 15 is 0 Å². The second-order valence-electron chi connectivity index (χ2n) is 5.56. The van der Waals surface area contributed by atoms with Crippen molar-refractivity contribution in [1.29, 1.82) is 0 Å². The average Bonchev–Trinajstić information content (AvgIpc) is 2.43. The van der Waals surface area contributed by atoms with Gasteiger partial charge in [0.05, 0.1) is 16.7 Å². The molecule has 0 spiro atoms. The first-order chi connectivity index (χ1) is 9.88. The minimum Gasteiger partial charge on any atom is -0.481 e. The smallest absolute Gasteiger partial charge is 0.296 e. The van der Waals surface area contributed by atoms with Crippen molar-refractivity contribution in [3.63, 3.8) is 0 Å². The molecule has 0 saturated heterocycles. The Labute approximate surface area is 122 Å². The van der Waals surface area contributed by atoms with Crippen LogP contribution in [-0.2, 0) is 4.79 Å². The molecule has 0 radical (unpaired) electrons. The number of carbonyl (C=O) groups is 1. The molecular weight excluding hydrogens is 274 g/mol. The number of ether oxygens (including phenoxy) is 1. The van der Waals surface area contributed by atoms with Gasteiger partial charge in [-0.3, -0.25) is 14.9 Å². The number of nitrogens with one attached hydrogen (secondary N) is 2. The first-order valence-electron chi connectivity index (χ1n) is 6.87. The molecule has 1 heterocycles. The molecule has 2 N–H and O–H groups in total. The monoisotopic (exact) mass is 293 g/mol. The lowest BCUT2D eigenvalue weighted by Gasteiger charge is -2.20. The Morgan fingerprint density at radius 3 is 2.76 bits per heavy atom. The maximum atomic E-state index is 11.3. The van der Waals surface area contributed by atoms with Crippen LogP contribution >= 0.6 is 0 Å². The Hall–Kier alpha value is -2.31. The van der Waals surface area contributed by atoms with Crippen LogP contribution in [0.25, 0.3) is 0 Å². The molecule has 7 nitrogen and oxygen atoms in total. The fourth-order valence-corrected chi connectivity index (χ4v) is 1.92. The van der Waals surface area contributed by atoms with Crippen molar-refractivity contribution in [2.24, 2.45) is 11.8 Å². The predicted molar refractivity (Wildman–Crippen MR) is 79.7 cm³/mol. The van der Waals surface area contributed by atoms with Crippen LogP contribution in [0.5, 0.6) is 5.75 Å². The van der Waals surface area contributed by atoms with Gasteiger partial charge in [-0.25, -0.2) is 0 Å². The second-order valence-corrected chi connectivity index (χ2v) is 5.56. The topological polar surface area (TPSA) is 93.5 Å². The minimum absolute atomic E-state index is 0.0548. The van der Waals surface area contributed by atoms with Gasteiger partial charge in [0.15, 0.2) is 12.4 Å². The lowest BCUT2D eigenvalue weighted by molar-refractivity contribution is -0.384. The number of nitrogens with zero attached hydrogens (tertiary/aromatic N) is 1. The summed E-state index contributed by atoms with van der Waals surface area (Å²) in [6.07, 6.45) is 0. The quantitative estimate of drug-likeness (QED) is 0.643. The lowest BCUT2D eigenvalue weighted by Crippen LogP contribution is -2.25. The van der Waals surface area contributed by atoms with Gasteiger partial charge in [0.25, 0.3) is 11.6 Å². The van der Waals surface area contributed by atoms with Crippen molar-refractivity contribution < 1.29 is 14.5 Å². The molecular formula is C14H19N3O4. The third-order valence-corrected chi connectivity index (χ3v) is 3.68. The van der Waals surface area contributed by atoms with E-state index in [1.807, 2.05) is 0 Å². The summed E-state index contributed by atoms with van der Waals surface area (Å²) in [5.74, 6) is 0.894. The van der Waals surface area contributed by atoms with Crippen LogP contribution in [0.2, 0.25) is 0 Å². The standard InChI is InChI=1S/C14H19N3O4/c1-8(2)9(3)6-15-10-4-11-13(5-12(10)17(19)20)21-7-14(18)16-11/h4-5,8-9,15H,6-7H2,1-3H3,(H,16,18). The van der Waals surface area contributed by atoms with Crippen LogP contribution in [0.4, 0.5) is 17.1 Å². The molecule has 0 fully saturated rings. The zero-order valence-electron chi connectivity index (χ0n) is 12.3. The molecule has 21 heavy (non-hydrogen) atoms. The van der Waals surface area contributed by atoms with Gasteiger partial charge in [0.2, 0.25) is 0 Å². The van der Waals surface area contributed by atoms with Gasteiger partial charge in [-0.1, -0.05) is 20.8 Å². The number of benzene rings is 1. The van der Waals surface area contributed by atoms with Crippen LogP contribution in [0.15, 0.2) is 12.1 Å². The highest BCUT2D eigenvalue weighted by Gasteiger charge is 2.24. The first kappa shape index (κ1) is 15.1. The number of carbonyl (C=O) groups excluding carboxylic acids is 1. The third kappa shape index (κ3) is 3.42. The fraction of sp³-hybridized carbons (Fsp3) is 0.500. The molecule has 7 heteroatoms. The van der Waals surface area contributed by atoms with Crippen LogP contribution < -0.4 is 15.4 Å². The van der Waals surface area contributed by atoms with E-state index in [1.165, 1.54) is 6.07 Å². The molecule has 1 amide bonds. The van der Waals surface area contributed by atoms with Crippen molar-refractivity contribution in [3.05, 3.63) is 22.2 Å². The van der Waals surface area contributed by atoms with Gasteiger partial charge < -0.3 is 15.4 Å². The molecule has 1 aliphatic rings. The fourth-order valence-electron chi connectivity index (χ4n) is 1.92. The van der Waals surface area contributed by atoms with Gasteiger partial charge in [0, 0.05) is 6.54 Å². The summed E-state index contributed by atoms with van der Waals surface area (Å²) < 4.78 is 5.20. The number of hydrogen-bond acceptors (Lipinski definition) is 5. The third-order valence-electron chi connectivity index (χ3n) is 3.68. The van der Waals surface area contributed by atoms with Crippen molar-refractivity contribution in [3.8, 4) is 5.75 Å². The van der Waals surface area contributed by atoms with Crippen LogP contribution in [-0.4, -0.2) is 24.0 Å². The number of fused-ring (bicyclic) bond motifs is 1. The average molecular weight is 293 g/mol. The molecule has 0 bridgehead atoms. The maximum absolute atomic E-state index is 11.3. The normalized spacial score (nSPS) is 15.0. The van der Waals surface area contributed by atoms with Crippen molar-refractivity contribution >= 4 is 23.0 Å². The van der Waals surface area contributed by atoms with Crippen molar-refractivity contribution in [2.45, 2.75) is 20.8 Å². The molecule has 2 rings (SSSR count). The summed E-state index contributed by atoms with van der Waals surface area (Å²) in [5.41, 5.74) is 0.787. The summed E-state index contributed by atoms with van der Waals surface area (Å²) in [6.45, 7) is 6.77. The molecule has 1 aromatic carbocycles. The summed E-state index contributed by atoms with van der Waals surface area (Å²) in [5, 5.41) is 16.9. The molecule has 1 unspecified atom stereocenters. The Kier molecular flexibility index (Phi) is 4.30. The van der Waals surface area contributed by atoms with E-state index in [-0.39, 0.29) is 18.2 Å². The number of nitro benzene ring substituents is 1. The Morgan fingerprint density at radius 1 is 1.43 bits per heavy atom. The summed E-state index contributed by atoms with van der Waals surface area (Å²) in [7, 11) is 0. The number of amides is 1. The SMILES string of the molecule is CC(C)C(C)CNc1cc2c(cc1[N+](=O)[O-])OCC(=O)N2. The van der Waals surface area contributed by atoms with Crippen molar-refractivity contribution in [1.82, 2.24) is 0 Å². The van der Waals surface area contributed by atoms with Gasteiger partial charge in [-0.2, -0.15) is 0 Å². The van der Waals surface area contributed by atoms with Crippen LogP contribution in [0.1, 0.15) is 20.8 Å². The van der Waals surface area contributed by atoms with Gasteiger partial charge >= 0.3 is 0 Å². The van der Waals surface area contributed by atoms with E-state index in [4.69, 9.17) is 4.74 Å². The second kappa shape index (κ2) is 5.99. The number of rotatable bonds is 5. The number of hydrogen-bond donors (Lipinski definition) is 2. The van der Waals surface area contributed by atoms with Crippen LogP contribution in [0.3, 0.4) is 0 Å². The molecule has 1 aromatic rings. The van der Waals surface area contributed by atoms with Crippen LogP contribution in [0, 0.1) is 22.0 Å². The maximum Gasteiger partial charge on any atom is 0.296 e. The molecule has 0 aliphatic carbocycles. The summed E-state index contributed by atoms with van der Waals surface area (Å²) in [6, 6.07) is 2.90. The number of nitro groups is 1. The van der Waals surface area contributed by atoms with E-state index in [0.717, 1.165) is 0 Å². The Balaban J connectivity index is 2.28. The first-order valence-corrected chi connectivity index (χ1v) is 6.87. The van der Waals surface area contributed by atoms with E-state index in [9.17, 15) is 14.9 Å².